The molecular weight excluding hydrogens is 234 g/mol. The van der Waals surface area contributed by atoms with Gasteiger partial charge in [-0.05, 0) is 43.0 Å². The molecule has 0 aliphatic carbocycles. The van der Waals surface area contributed by atoms with Gasteiger partial charge in [0, 0.05) is 16.7 Å². The number of rotatable bonds is 6. The highest BCUT2D eigenvalue weighted by atomic mass is 32.2. The molecule has 0 amide bonds. The molecule has 1 heterocycles. The molecule has 88 valence electrons. The molecule has 0 saturated carbocycles. The van der Waals surface area contributed by atoms with Crippen molar-refractivity contribution in [2.24, 2.45) is 0 Å². The van der Waals surface area contributed by atoms with E-state index in [4.69, 9.17) is 0 Å². The largest absolute Gasteiger partial charge is 0.316 e. The van der Waals surface area contributed by atoms with Crippen molar-refractivity contribution in [2.45, 2.75) is 23.0 Å². The SMILES string of the molecule is CSCCCNCC1Cc2ccccc2S1. The summed E-state index contributed by atoms with van der Waals surface area (Å²) in [5.74, 6) is 1.27. The van der Waals surface area contributed by atoms with Crippen molar-refractivity contribution >= 4 is 23.5 Å². The molecule has 1 nitrogen and oxygen atoms in total. The molecule has 1 aromatic carbocycles. The molecule has 0 bridgehead atoms. The van der Waals surface area contributed by atoms with Crippen molar-refractivity contribution in [1.29, 1.82) is 0 Å². The summed E-state index contributed by atoms with van der Waals surface area (Å²) in [6.45, 7) is 2.31. The fraction of sp³-hybridized carbons (Fsp3) is 0.538. The van der Waals surface area contributed by atoms with Crippen LogP contribution < -0.4 is 5.32 Å². The van der Waals surface area contributed by atoms with Gasteiger partial charge < -0.3 is 5.32 Å². The van der Waals surface area contributed by atoms with Crippen LogP contribution in [0.2, 0.25) is 0 Å². The quantitative estimate of drug-likeness (QED) is 0.783. The van der Waals surface area contributed by atoms with Crippen molar-refractivity contribution in [1.82, 2.24) is 5.32 Å². The Morgan fingerprint density at radius 2 is 2.31 bits per heavy atom. The normalized spacial score (nSPS) is 18.7. The average Bonchev–Trinajstić information content (AvgIpc) is 2.71. The van der Waals surface area contributed by atoms with E-state index in [1.54, 1.807) is 0 Å². The molecule has 2 rings (SSSR count). The fourth-order valence-electron chi connectivity index (χ4n) is 1.97. The average molecular weight is 253 g/mol. The van der Waals surface area contributed by atoms with Crippen LogP contribution in [0.25, 0.3) is 0 Å². The highest BCUT2D eigenvalue weighted by Gasteiger charge is 2.20. The van der Waals surface area contributed by atoms with E-state index in [1.165, 1.54) is 29.1 Å². The topological polar surface area (TPSA) is 12.0 Å². The van der Waals surface area contributed by atoms with Crippen LogP contribution in [0.15, 0.2) is 29.2 Å². The summed E-state index contributed by atoms with van der Waals surface area (Å²) >= 11 is 3.96. The number of fused-ring (bicyclic) bond motifs is 1. The van der Waals surface area contributed by atoms with E-state index in [0.717, 1.165) is 18.3 Å². The summed E-state index contributed by atoms with van der Waals surface area (Å²) in [6.07, 6.45) is 4.69. The van der Waals surface area contributed by atoms with E-state index in [9.17, 15) is 0 Å². The van der Waals surface area contributed by atoms with Gasteiger partial charge in [-0.1, -0.05) is 18.2 Å². The van der Waals surface area contributed by atoms with Crippen LogP contribution in [0.5, 0.6) is 0 Å². The van der Waals surface area contributed by atoms with Gasteiger partial charge in [-0.3, -0.25) is 0 Å². The van der Waals surface area contributed by atoms with Crippen LogP contribution in [0.3, 0.4) is 0 Å². The van der Waals surface area contributed by atoms with E-state index in [-0.39, 0.29) is 0 Å². The zero-order chi connectivity index (χ0) is 11.2. The lowest BCUT2D eigenvalue weighted by Crippen LogP contribution is -2.25. The van der Waals surface area contributed by atoms with E-state index in [2.05, 4.69) is 35.8 Å². The second-order valence-electron chi connectivity index (χ2n) is 4.10. The zero-order valence-corrected chi connectivity index (χ0v) is 11.4. The number of benzene rings is 1. The predicted molar refractivity (Wildman–Crippen MR) is 75.7 cm³/mol. The molecule has 1 N–H and O–H groups in total. The minimum Gasteiger partial charge on any atom is -0.316 e. The fourth-order valence-corrected chi connectivity index (χ4v) is 3.69. The molecular formula is C13H19NS2. The van der Waals surface area contributed by atoms with E-state index in [0.29, 0.717) is 0 Å². The van der Waals surface area contributed by atoms with Crippen LogP contribution in [0.1, 0.15) is 12.0 Å². The standard InChI is InChI=1S/C13H19NS2/c1-15-8-4-7-14-10-12-9-11-5-2-3-6-13(11)16-12/h2-3,5-6,12,14H,4,7-10H2,1H3. The molecule has 1 aliphatic rings. The molecule has 0 saturated heterocycles. The van der Waals surface area contributed by atoms with Gasteiger partial charge in [0.05, 0.1) is 0 Å². The summed E-state index contributed by atoms with van der Waals surface area (Å²) in [7, 11) is 0. The Hall–Kier alpha value is -0.120. The van der Waals surface area contributed by atoms with Crippen molar-refractivity contribution in [3.8, 4) is 0 Å². The van der Waals surface area contributed by atoms with Gasteiger partial charge >= 0.3 is 0 Å². The van der Waals surface area contributed by atoms with Crippen LogP contribution >= 0.6 is 23.5 Å². The maximum Gasteiger partial charge on any atom is 0.0260 e. The van der Waals surface area contributed by atoms with Crippen LogP contribution in [-0.4, -0.2) is 30.3 Å². The first-order valence-electron chi connectivity index (χ1n) is 5.84. The summed E-state index contributed by atoms with van der Waals surface area (Å²) in [6, 6.07) is 8.79. The number of nitrogens with one attached hydrogen (secondary N) is 1. The lowest BCUT2D eigenvalue weighted by atomic mass is 10.1. The van der Waals surface area contributed by atoms with Crippen molar-refractivity contribution < 1.29 is 0 Å². The Morgan fingerprint density at radius 1 is 1.44 bits per heavy atom. The summed E-state index contributed by atoms with van der Waals surface area (Å²) in [4.78, 5) is 1.48. The number of thioether (sulfide) groups is 2. The van der Waals surface area contributed by atoms with Crippen LogP contribution in [-0.2, 0) is 6.42 Å². The van der Waals surface area contributed by atoms with Gasteiger partial charge in [0.15, 0.2) is 0 Å². The van der Waals surface area contributed by atoms with Crippen LogP contribution in [0.4, 0.5) is 0 Å². The van der Waals surface area contributed by atoms with Gasteiger partial charge in [-0.2, -0.15) is 11.8 Å². The first kappa shape index (κ1) is 12.3. The molecule has 16 heavy (non-hydrogen) atoms. The molecule has 0 radical (unpaired) electrons. The Morgan fingerprint density at radius 3 is 3.12 bits per heavy atom. The third kappa shape index (κ3) is 3.44. The third-order valence-electron chi connectivity index (χ3n) is 2.79. The second kappa shape index (κ2) is 6.58. The Bertz CT molecular complexity index is 302. The van der Waals surface area contributed by atoms with Crippen LogP contribution in [0, 0.1) is 0 Å². The molecule has 0 spiro atoms. The first-order chi connectivity index (χ1) is 7.90. The second-order valence-corrected chi connectivity index (χ2v) is 6.43. The van der Waals surface area contributed by atoms with Gasteiger partial charge in [0.25, 0.3) is 0 Å². The minimum atomic E-state index is 0.742. The highest BCUT2D eigenvalue weighted by Crippen LogP contribution is 2.36. The molecule has 0 fully saturated rings. The van der Waals surface area contributed by atoms with Crippen molar-refractivity contribution in [3.63, 3.8) is 0 Å². The first-order valence-corrected chi connectivity index (χ1v) is 8.11. The van der Waals surface area contributed by atoms with E-state index in [1.807, 2.05) is 23.5 Å². The number of hydrogen-bond donors (Lipinski definition) is 1. The molecule has 1 atom stereocenters. The zero-order valence-electron chi connectivity index (χ0n) is 9.74. The number of hydrogen-bond acceptors (Lipinski definition) is 3. The summed E-state index contributed by atoms with van der Waals surface area (Å²) in [5, 5.41) is 4.31. The summed E-state index contributed by atoms with van der Waals surface area (Å²) < 4.78 is 0. The van der Waals surface area contributed by atoms with Gasteiger partial charge in [-0.25, -0.2) is 0 Å². The Kier molecular flexibility index (Phi) is 5.07. The molecule has 1 aliphatic heterocycles. The van der Waals surface area contributed by atoms with Gasteiger partial charge in [0.2, 0.25) is 0 Å². The van der Waals surface area contributed by atoms with Gasteiger partial charge in [-0.15, -0.1) is 11.8 Å². The van der Waals surface area contributed by atoms with Crippen molar-refractivity contribution in [2.75, 3.05) is 25.1 Å². The smallest absolute Gasteiger partial charge is 0.0260 e. The lowest BCUT2D eigenvalue weighted by Gasteiger charge is -2.09. The van der Waals surface area contributed by atoms with E-state index < -0.39 is 0 Å². The molecule has 3 heteroatoms. The maximum atomic E-state index is 3.56. The maximum absolute atomic E-state index is 3.56. The monoisotopic (exact) mass is 253 g/mol. The summed E-state index contributed by atoms with van der Waals surface area (Å²) in [5.41, 5.74) is 1.53. The Labute approximate surface area is 107 Å². The molecule has 0 aromatic heterocycles. The predicted octanol–water partition coefficient (Wildman–Crippen LogP) is 3.05. The third-order valence-corrected chi connectivity index (χ3v) is 4.80. The lowest BCUT2D eigenvalue weighted by molar-refractivity contribution is 0.656. The van der Waals surface area contributed by atoms with Gasteiger partial charge in [0.1, 0.15) is 0 Å². The highest BCUT2D eigenvalue weighted by molar-refractivity contribution is 8.00. The Balaban J connectivity index is 1.67. The molecule has 1 unspecified atom stereocenters. The minimum absolute atomic E-state index is 0.742. The van der Waals surface area contributed by atoms with Crippen molar-refractivity contribution in [3.05, 3.63) is 29.8 Å². The van der Waals surface area contributed by atoms with E-state index >= 15 is 0 Å². The molecule has 1 aromatic rings.